The van der Waals surface area contributed by atoms with Crippen molar-refractivity contribution in [2.24, 2.45) is 0 Å². The summed E-state index contributed by atoms with van der Waals surface area (Å²) in [6.45, 7) is 3.44. The van der Waals surface area contributed by atoms with Crippen LogP contribution in [0, 0.1) is 11.6 Å². The number of ether oxygens (including phenoxy) is 5. The van der Waals surface area contributed by atoms with E-state index in [0.717, 1.165) is 5.56 Å². The van der Waals surface area contributed by atoms with Gasteiger partial charge in [-0.05, 0) is 30.2 Å². The Bertz CT molecular complexity index is 1210. The van der Waals surface area contributed by atoms with Crippen molar-refractivity contribution >= 4 is 24.3 Å². The number of nitrogens with one attached hydrogen (secondary N) is 1. The molecule has 0 radical (unpaired) electrons. The summed E-state index contributed by atoms with van der Waals surface area (Å²) in [4.78, 5) is 25.6. The lowest BCUT2D eigenvalue weighted by Gasteiger charge is -2.16. The highest BCUT2D eigenvalue weighted by molar-refractivity contribution is 5.85. The molecule has 2 aliphatic rings. The van der Waals surface area contributed by atoms with Crippen LogP contribution in [-0.2, 0) is 40.5 Å². The first-order chi connectivity index (χ1) is 18.4. The largest absolute Gasteiger partial charge is 0.493 e. The van der Waals surface area contributed by atoms with Gasteiger partial charge in [0.2, 0.25) is 5.91 Å². The Labute approximate surface area is 232 Å². The predicted octanol–water partition coefficient (Wildman–Crippen LogP) is 4.04. The SMILES string of the molecule is CCOC(=O)CCC(=O)N1Cc2cc(OC)c(OCCCOc3c(OC)cc4c(c3F)CNC4)c(F)c2C1.Cl. The Hall–Kier alpha value is -3.31. The number of methoxy groups -OCH3 is 2. The minimum atomic E-state index is -0.597. The molecule has 214 valence electrons. The van der Waals surface area contributed by atoms with Crippen LogP contribution in [0.25, 0.3) is 0 Å². The highest BCUT2D eigenvalue weighted by atomic mass is 35.5. The zero-order valence-corrected chi connectivity index (χ0v) is 23.0. The lowest BCUT2D eigenvalue weighted by atomic mass is 10.1. The summed E-state index contributed by atoms with van der Waals surface area (Å²) in [5.74, 6) is -1.24. The lowest BCUT2D eigenvalue weighted by Crippen LogP contribution is -2.26. The Kier molecular flexibility index (Phi) is 10.6. The van der Waals surface area contributed by atoms with Crippen molar-refractivity contribution in [1.82, 2.24) is 10.2 Å². The van der Waals surface area contributed by atoms with E-state index in [1.165, 1.54) is 19.1 Å². The Morgan fingerprint density at radius 1 is 0.897 bits per heavy atom. The molecular weight excluding hydrogens is 538 g/mol. The van der Waals surface area contributed by atoms with Gasteiger partial charge in [0.1, 0.15) is 0 Å². The maximum absolute atomic E-state index is 15.4. The second kappa shape index (κ2) is 13.7. The molecule has 1 amide bonds. The summed E-state index contributed by atoms with van der Waals surface area (Å²) in [5, 5.41) is 3.10. The fraction of sp³-hybridized carbons (Fsp3) is 0.481. The van der Waals surface area contributed by atoms with Crippen molar-refractivity contribution in [3.8, 4) is 23.0 Å². The zero-order chi connectivity index (χ0) is 27.2. The Balaban J connectivity index is 0.00000420. The molecule has 1 N–H and O–H groups in total. The Morgan fingerprint density at radius 2 is 1.51 bits per heavy atom. The first-order valence-electron chi connectivity index (χ1n) is 12.5. The van der Waals surface area contributed by atoms with Crippen molar-refractivity contribution in [2.45, 2.75) is 52.4 Å². The van der Waals surface area contributed by atoms with Crippen LogP contribution >= 0.6 is 12.4 Å². The maximum atomic E-state index is 15.4. The molecule has 0 spiro atoms. The van der Waals surface area contributed by atoms with E-state index in [1.807, 2.05) is 0 Å². The summed E-state index contributed by atoms with van der Waals surface area (Å²) in [7, 11) is 2.86. The van der Waals surface area contributed by atoms with Crippen molar-refractivity contribution in [3.05, 3.63) is 46.0 Å². The number of halogens is 3. The minimum absolute atomic E-state index is 0. The molecule has 0 atom stereocenters. The number of amides is 1. The molecule has 2 aliphatic heterocycles. The van der Waals surface area contributed by atoms with E-state index in [1.54, 1.807) is 19.1 Å². The van der Waals surface area contributed by atoms with E-state index in [4.69, 9.17) is 23.7 Å². The number of hydrogen-bond acceptors (Lipinski definition) is 8. The first-order valence-corrected chi connectivity index (χ1v) is 12.5. The highest BCUT2D eigenvalue weighted by Crippen LogP contribution is 2.39. The lowest BCUT2D eigenvalue weighted by molar-refractivity contribution is -0.145. The average molecular weight is 571 g/mol. The summed E-state index contributed by atoms with van der Waals surface area (Å²) >= 11 is 0. The molecule has 0 aliphatic carbocycles. The number of nitrogens with zero attached hydrogens (tertiary/aromatic N) is 1. The first kappa shape index (κ1) is 30.2. The third-order valence-electron chi connectivity index (χ3n) is 6.51. The summed E-state index contributed by atoms with van der Waals surface area (Å²) in [6.07, 6.45) is 0.303. The predicted molar refractivity (Wildman–Crippen MR) is 139 cm³/mol. The molecule has 4 rings (SSSR count). The number of esters is 1. The molecule has 0 aromatic heterocycles. The molecule has 0 bridgehead atoms. The third-order valence-corrected chi connectivity index (χ3v) is 6.51. The molecule has 0 saturated carbocycles. The second-order valence-corrected chi connectivity index (χ2v) is 8.93. The van der Waals surface area contributed by atoms with Crippen molar-refractivity contribution < 1.29 is 42.1 Å². The van der Waals surface area contributed by atoms with E-state index >= 15 is 4.39 Å². The van der Waals surface area contributed by atoms with Gasteiger partial charge in [0.05, 0.1) is 40.5 Å². The number of carbonyl (C=O) groups excluding carboxylic acids is 2. The zero-order valence-electron chi connectivity index (χ0n) is 22.2. The molecule has 39 heavy (non-hydrogen) atoms. The summed E-state index contributed by atoms with van der Waals surface area (Å²) in [6, 6.07) is 3.42. The van der Waals surface area contributed by atoms with Crippen LogP contribution in [0.2, 0.25) is 0 Å². The van der Waals surface area contributed by atoms with Gasteiger partial charge in [-0.2, -0.15) is 0 Å². The van der Waals surface area contributed by atoms with E-state index in [9.17, 15) is 14.0 Å². The highest BCUT2D eigenvalue weighted by Gasteiger charge is 2.30. The van der Waals surface area contributed by atoms with Crippen molar-refractivity contribution in [2.75, 3.05) is 34.0 Å². The van der Waals surface area contributed by atoms with Crippen LogP contribution in [0.4, 0.5) is 8.78 Å². The van der Waals surface area contributed by atoms with Gasteiger partial charge in [0.15, 0.2) is 34.6 Å². The van der Waals surface area contributed by atoms with Crippen LogP contribution in [0.1, 0.15) is 48.4 Å². The van der Waals surface area contributed by atoms with Gasteiger partial charge in [-0.25, -0.2) is 8.78 Å². The van der Waals surface area contributed by atoms with Crippen LogP contribution in [-0.4, -0.2) is 50.8 Å². The van der Waals surface area contributed by atoms with Crippen LogP contribution in [0.15, 0.2) is 12.1 Å². The minimum Gasteiger partial charge on any atom is -0.493 e. The number of hydrogen-bond donors (Lipinski definition) is 1. The van der Waals surface area contributed by atoms with Gasteiger partial charge >= 0.3 is 5.97 Å². The normalized spacial score (nSPS) is 13.3. The summed E-state index contributed by atoms with van der Waals surface area (Å²) in [5.41, 5.74) is 2.37. The topological polar surface area (TPSA) is 95.6 Å². The van der Waals surface area contributed by atoms with Gasteiger partial charge in [-0.1, -0.05) is 0 Å². The molecule has 0 fully saturated rings. The molecule has 2 heterocycles. The third kappa shape index (κ3) is 6.65. The maximum Gasteiger partial charge on any atom is 0.306 e. The average Bonchev–Trinajstić information content (AvgIpc) is 3.56. The molecule has 0 unspecified atom stereocenters. The monoisotopic (exact) mass is 570 g/mol. The number of benzene rings is 2. The molecule has 0 saturated heterocycles. The summed E-state index contributed by atoms with van der Waals surface area (Å²) < 4.78 is 57.2. The van der Waals surface area contributed by atoms with Crippen LogP contribution < -0.4 is 24.3 Å². The number of fused-ring (bicyclic) bond motifs is 2. The van der Waals surface area contributed by atoms with Crippen molar-refractivity contribution in [3.63, 3.8) is 0 Å². The van der Waals surface area contributed by atoms with Gasteiger partial charge in [0.25, 0.3) is 0 Å². The quantitative estimate of drug-likeness (QED) is 0.302. The van der Waals surface area contributed by atoms with Gasteiger partial charge < -0.3 is 33.9 Å². The van der Waals surface area contributed by atoms with E-state index < -0.39 is 17.6 Å². The molecule has 2 aromatic carbocycles. The molecular formula is C27H33ClF2N2O7. The number of rotatable bonds is 12. The standard InChI is InChI=1S/C27H32F2N2O7.ClH/c1-4-36-23(33)7-6-22(32)31-14-17-11-21(35-3)27(25(29)19(17)15-31)38-9-5-8-37-26-20(34-2)10-16-12-30-13-18(16)24(26)28;/h10-11,30H,4-9,12-15H2,1-3H3;1H. The Morgan fingerprint density at radius 3 is 2.13 bits per heavy atom. The second-order valence-electron chi connectivity index (χ2n) is 8.93. The fourth-order valence-corrected chi connectivity index (χ4v) is 4.59. The smallest absolute Gasteiger partial charge is 0.306 e. The van der Waals surface area contributed by atoms with E-state index in [-0.39, 0.29) is 81.3 Å². The van der Waals surface area contributed by atoms with Crippen LogP contribution in [0.5, 0.6) is 23.0 Å². The van der Waals surface area contributed by atoms with Gasteiger partial charge in [-0.3, -0.25) is 9.59 Å². The fourth-order valence-electron chi connectivity index (χ4n) is 4.59. The molecule has 12 heteroatoms. The molecule has 9 nitrogen and oxygen atoms in total. The van der Waals surface area contributed by atoms with Gasteiger partial charge in [-0.15, -0.1) is 12.4 Å². The van der Waals surface area contributed by atoms with E-state index in [0.29, 0.717) is 42.0 Å². The van der Waals surface area contributed by atoms with Crippen molar-refractivity contribution in [1.29, 1.82) is 0 Å². The molecule has 2 aromatic rings. The number of carbonyl (C=O) groups is 2. The van der Waals surface area contributed by atoms with E-state index in [2.05, 4.69) is 5.32 Å². The van der Waals surface area contributed by atoms with Gasteiger partial charge in [0, 0.05) is 50.1 Å². The van der Waals surface area contributed by atoms with Crippen LogP contribution in [0.3, 0.4) is 0 Å².